The van der Waals surface area contributed by atoms with Gasteiger partial charge in [-0.05, 0) is 55.1 Å². The smallest absolute Gasteiger partial charge is 0.227 e. The Hall–Kier alpha value is -2.33. The summed E-state index contributed by atoms with van der Waals surface area (Å²) in [5, 5.41) is 3.08. The van der Waals surface area contributed by atoms with Crippen molar-refractivity contribution in [2.45, 2.75) is 45.2 Å². The summed E-state index contributed by atoms with van der Waals surface area (Å²) in [6.45, 7) is 4.48. The second-order valence-electron chi connectivity index (χ2n) is 8.04. The van der Waals surface area contributed by atoms with E-state index in [2.05, 4.69) is 34.5 Å². The molecule has 28 heavy (non-hydrogen) atoms. The molecule has 0 spiro atoms. The van der Waals surface area contributed by atoms with Crippen LogP contribution in [0.4, 0.5) is 0 Å². The minimum atomic E-state index is -0.114. The average Bonchev–Trinajstić information content (AvgIpc) is 3.01. The zero-order chi connectivity index (χ0) is 19.2. The molecule has 2 aromatic carbocycles. The van der Waals surface area contributed by atoms with Gasteiger partial charge in [0.2, 0.25) is 5.91 Å². The number of amides is 1. The fourth-order valence-electron chi connectivity index (χ4n) is 4.14. The van der Waals surface area contributed by atoms with Gasteiger partial charge in [0.05, 0.1) is 5.92 Å². The van der Waals surface area contributed by atoms with E-state index in [1.54, 1.807) is 0 Å². The van der Waals surface area contributed by atoms with Crippen molar-refractivity contribution in [3.05, 3.63) is 65.2 Å². The maximum Gasteiger partial charge on any atom is 0.227 e. The number of hydrogen-bond donors (Lipinski definition) is 1. The molecule has 148 valence electrons. The maximum absolute atomic E-state index is 12.5. The summed E-state index contributed by atoms with van der Waals surface area (Å²) in [4.78, 5) is 15.1. The predicted molar refractivity (Wildman–Crippen MR) is 111 cm³/mol. The third kappa shape index (κ3) is 4.93. The zero-order valence-corrected chi connectivity index (χ0v) is 16.5. The quantitative estimate of drug-likeness (QED) is 0.857. The molecule has 1 fully saturated rings. The van der Waals surface area contributed by atoms with E-state index in [4.69, 9.17) is 4.74 Å². The lowest BCUT2D eigenvalue weighted by molar-refractivity contribution is -0.126. The van der Waals surface area contributed by atoms with E-state index < -0.39 is 0 Å². The van der Waals surface area contributed by atoms with Crippen molar-refractivity contribution in [2.75, 3.05) is 19.7 Å². The molecule has 2 heterocycles. The number of nitrogens with one attached hydrogen (secondary N) is 1. The molecule has 4 heteroatoms. The Balaban J connectivity index is 1.26. The second-order valence-corrected chi connectivity index (χ2v) is 8.04. The molecule has 1 atom stereocenters. The van der Waals surface area contributed by atoms with E-state index in [1.807, 2.05) is 24.3 Å². The topological polar surface area (TPSA) is 41.6 Å². The van der Waals surface area contributed by atoms with Crippen molar-refractivity contribution in [1.82, 2.24) is 10.2 Å². The molecular weight excluding hydrogens is 348 g/mol. The number of benzene rings is 2. The fourth-order valence-corrected chi connectivity index (χ4v) is 4.14. The molecule has 1 N–H and O–H groups in total. The summed E-state index contributed by atoms with van der Waals surface area (Å²) >= 11 is 0. The Morgan fingerprint density at radius 3 is 2.46 bits per heavy atom. The molecule has 4 nitrogen and oxygen atoms in total. The van der Waals surface area contributed by atoms with E-state index in [9.17, 15) is 4.79 Å². The number of carbonyl (C=O) groups excluding carboxylic acids is 1. The zero-order valence-electron chi connectivity index (χ0n) is 16.5. The first-order valence-electron chi connectivity index (χ1n) is 10.6. The van der Waals surface area contributed by atoms with Crippen molar-refractivity contribution < 1.29 is 9.53 Å². The third-order valence-electron chi connectivity index (χ3n) is 5.84. The van der Waals surface area contributed by atoms with Crippen LogP contribution in [-0.4, -0.2) is 30.5 Å². The van der Waals surface area contributed by atoms with Crippen LogP contribution in [0.15, 0.2) is 48.5 Å². The predicted octanol–water partition coefficient (Wildman–Crippen LogP) is 3.93. The van der Waals surface area contributed by atoms with Crippen molar-refractivity contribution in [3.8, 4) is 5.75 Å². The van der Waals surface area contributed by atoms with Crippen LogP contribution in [0.3, 0.4) is 0 Å². The summed E-state index contributed by atoms with van der Waals surface area (Å²) < 4.78 is 5.74. The minimum absolute atomic E-state index is 0.0724. The first-order chi connectivity index (χ1) is 13.8. The normalized spacial score (nSPS) is 19.9. The van der Waals surface area contributed by atoms with Crippen LogP contribution in [-0.2, 0) is 24.3 Å². The third-order valence-corrected chi connectivity index (χ3v) is 5.84. The molecule has 0 aliphatic carbocycles. The number of ether oxygens (including phenoxy) is 1. The van der Waals surface area contributed by atoms with Gasteiger partial charge in [-0.3, -0.25) is 9.69 Å². The van der Waals surface area contributed by atoms with Crippen molar-refractivity contribution in [3.63, 3.8) is 0 Å². The van der Waals surface area contributed by atoms with Crippen LogP contribution >= 0.6 is 0 Å². The Morgan fingerprint density at radius 1 is 0.964 bits per heavy atom. The van der Waals surface area contributed by atoms with Crippen LogP contribution in [0.2, 0.25) is 0 Å². The van der Waals surface area contributed by atoms with Gasteiger partial charge < -0.3 is 10.1 Å². The van der Waals surface area contributed by atoms with Crippen LogP contribution in [0.25, 0.3) is 0 Å². The molecule has 2 aliphatic rings. The lowest BCUT2D eigenvalue weighted by Crippen LogP contribution is -2.37. The molecule has 1 saturated heterocycles. The molecule has 0 saturated carbocycles. The number of nitrogens with zero attached hydrogens (tertiary/aromatic N) is 1. The number of para-hydroxylation sites is 1. The number of fused-ring (bicyclic) bond motifs is 1. The van der Waals surface area contributed by atoms with Crippen LogP contribution in [0.1, 0.15) is 42.4 Å². The fraction of sp³-hybridized carbons (Fsp3) is 0.458. The molecule has 0 radical (unpaired) electrons. The summed E-state index contributed by atoms with van der Waals surface area (Å²) in [5.41, 5.74) is 3.62. The molecule has 2 aromatic rings. The highest BCUT2D eigenvalue weighted by molar-refractivity contribution is 5.79. The van der Waals surface area contributed by atoms with Gasteiger partial charge in [0, 0.05) is 13.1 Å². The monoisotopic (exact) mass is 378 g/mol. The van der Waals surface area contributed by atoms with Crippen LogP contribution in [0, 0.1) is 5.92 Å². The maximum atomic E-state index is 12.5. The van der Waals surface area contributed by atoms with E-state index in [-0.39, 0.29) is 11.8 Å². The molecule has 0 aromatic heterocycles. The van der Waals surface area contributed by atoms with Gasteiger partial charge in [-0.15, -0.1) is 0 Å². The Labute approximate surface area is 167 Å². The van der Waals surface area contributed by atoms with Crippen molar-refractivity contribution in [2.24, 2.45) is 5.92 Å². The number of hydrogen-bond acceptors (Lipinski definition) is 3. The van der Waals surface area contributed by atoms with Crippen molar-refractivity contribution >= 4 is 5.91 Å². The summed E-state index contributed by atoms with van der Waals surface area (Å²) in [6, 6.07) is 16.7. The average molecular weight is 379 g/mol. The van der Waals surface area contributed by atoms with Gasteiger partial charge in [-0.25, -0.2) is 0 Å². The van der Waals surface area contributed by atoms with Crippen molar-refractivity contribution in [1.29, 1.82) is 0 Å². The number of carbonyl (C=O) groups is 1. The molecule has 4 rings (SSSR count). The molecule has 2 aliphatic heterocycles. The summed E-state index contributed by atoms with van der Waals surface area (Å²) in [5.74, 6) is 0.868. The minimum Gasteiger partial charge on any atom is -0.492 e. The van der Waals surface area contributed by atoms with E-state index in [1.165, 1.54) is 44.3 Å². The van der Waals surface area contributed by atoms with Gasteiger partial charge in [0.15, 0.2) is 0 Å². The Bertz CT molecular complexity index is 779. The van der Waals surface area contributed by atoms with Gasteiger partial charge in [0.1, 0.15) is 12.4 Å². The van der Waals surface area contributed by atoms with Crippen LogP contribution < -0.4 is 10.1 Å². The SMILES string of the molecule is O=C(NCc1ccc(CN2CCCCCC2)cc1)C1COc2ccccc2C1. The first-order valence-corrected chi connectivity index (χ1v) is 10.6. The summed E-state index contributed by atoms with van der Waals surface area (Å²) in [6.07, 6.45) is 6.12. The van der Waals surface area contributed by atoms with E-state index in [0.29, 0.717) is 13.2 Å². The van der Waals surface area contributed by atoms with Crippen LogP contribution in [0.5, 0.6) is 5.75 Å². The second kappa shape index (κ2) is 9.24. The largest absolute Gasteiger partial charge is 0.492 e. The Morgan fingerprint density at radius 2 is 1.68 bits per heavy atom. The molecule has 0 bridgehead atoms. The van der Waals surface area contributed by atoms with Gasteiger partial charge in [0.25, 0.3) is 0 Å². The highest BCUT2D eigenvalue weighted by Gasteiger charge is 2.25. The lowest BCUT2D eigenvalue weighted by atomic mass is 9.96. The van der Waals surface area contributed by atoms with E-state index >= 15 is 0 Å². The summed E-state index contributed by atoms with van der Waals surface area (Å²) in [7, 11) is 0. The van der Waals surface area contributed by atoms with Gasteiger partial charge >= 0.3 is 0 Å². The molecule has 1 unspecified atom stereocenters. The number of likely N-dealkylation sites (tertiary alicyclic amines) is 1. The molecule has 1 amide bonds. The van der Waals surface area contributed by atoms with Gasteiger partial charge in [-0.1, -0.05) is 55.3 Å². The highest BCUT2D eigenvalue weighted by atomic mass is 16.5. The lowest BCUT2D eigenvalue weighted by Gasteiger charge is -2.24. The standard InChI is InChI=1S/C24H30N2O2/c27-24(22-15-21-7-3-4-8-23(21)28-18-22)25-16-19-9-11-20(12-10-19)17-26-13-5-1-2-6-14-26/h3-4,7-12,22H,1-2,5-6,13-18H2,(H,25,27). The first kappa shape index (κ1) is 19.0. The molecular formula is C24H30N2O2. The Kier molecular flexibility index (Phi) is 6.27. The van der Waals surface area contributed by atoms with E-state index in [0.717, 1.165) is 29.8 Å². The highest BCUT2D eigenvalue weighted by Crippen LogP contribution is 2.26. The van der Waals surface area contributed by atoms with Gasteiger partial charge in [-0.2, -0.15) is 0 Å². The number of rotatable bonds is 5.